The van der Waals surface area contributed by atoms with Crippen molar-refractivity contribution in [1.82, 2.24) is 9.55 Å². The van der Waals surface area contributed by atoms with Crippen LogP contribution in [-0.2, 0) is 9.84 Å². The van der Waals surface area contributed by atoms with Crippen LogP contribution in [0, 0.1) is 0 Å². The Labute approximate surface area is 116 Å². The van der Waals surface area contributed by atoms with E-state index in [0.29, 0.717) is 18.6 Å². The fourth-order valence-corrected chi connectivity index (χ4v) is 4.19. The van der Waals surface area contributed by atoms with Gasteiger partial charge in [0.25, 0.3) is 0 Å². The van der Waals surface area contributed by atoms with Gasteiger partial charge in [-0.05, 0) is 25.0 Å². The number of aromatic amines is 1. The summed E-state index contributed by atoms with van der Waals surface area (Å²) in [7, 11) is -1.36. The lowest BCUT2D eigenvalue weighted by Gasteiger charge is -2.23. The minimum Gasteiger partial charge on any atom is -0.497 e. The standard InChI is InChI=1S/C13H16N2O4S/c1-19-10-2-3-11-12(8-10)15(13(16)14-11)9-4-6-20(17,18)7-5-9/h2-3,8-9H,4-7H2,1H3,(H,14,16). The predicted molar refractivity (Wildman–Crippen MR) is 76.0 cm³/mol. The van der Waals surface area contributed by atoms with Gasteiger partial charge in [-0.1, -0.05) is 0 Å². The van der Waals surface area contributed by atoms with E-state index < -0.39 is 9.84 Å². The average Bonchev–Trinajstić information content (AvgIpc) is 2.74. The van der Waals surface area contributed by atoms with Crippen molar-refractivity contribution >= 4 is 20.9 Å². The van der Waals surface area contributed by atoms with Crippen LogP contribution in [0.15, 0.2) is 23.0 Å². The highest BCUT2D eigenvalue weighted by molar-refractivity contribution is 7.91. The van der Waals surface area contributed by atoms with E-state index in [-0.39, 0.29) is 23.2 Å². The van der Waals surface area contributed by atoms with Crippen LogP contribution in [0.25, 0.3) is 11.0 Å². The number of hydrogen-bond acceptors (Lipinski definition) is 4. The first kappa shape index (κ1) is 13.2. The molecule has 1 aromatic heterocycles. The van der Waals surface area contributed by atoms with Gasteiger partial charge in [0.1, 0.15) is 15.6 Å². The SMILES string of the molecule is COc1ccc2[nH]c(=O)n(C3CCS(=O)(=O)CC3)c2c1. The zero-order valence-corrected chi connectivity index (χ0v) is 11.9. The van der Waals surface area contributed by atoms with Crippen molar-refractivity contribution in [2.45, 2.75) is 18.9 Å². The Kier molecular flexibility index (Phi) is 3.08. The molecule has 2 aromatic rings. The summed E-state index contributed by atoms with van der Waals surface area (Å²) >= 11 is 0. The molecule has 1 aliphatic rings. The summed E-state index contributed by atoms with van der Waals surface area (Å²) in [6.07, 6.45) is 0.957. The van der Waals surface area contributed by atoms with Crippen LogP contribution >= 0.6 is 0 Å². The molecule has 7 heteroatoms. The van der Waals surface area contributed by atoms with Crippen LogP contribution in [0.5, 0.6) is 5.75 Å². The van der Waals surface area contributed by atoms with E-state index in [0.717, 1.165) is 11.0 Å². The number of hydrogen-bond donors (Lipinski definition) is 1. The lowest BCUT2D eigenvalue weighted by atomic mass is 10.1. The fourth-order valence-electron chi connectivity index (χ4n) is 2.73. The molecule has 0 amide bonds. The smallest absolute Gasteiger partial charge is 0.326 e. The van der Waals surface area contributed by atoms with Gasteiger partial charge >= 0.3 is 5.69 Å². The molecule has 0 spiro atoms. The van der Waals surface area contributed by atoms with Gasteiger partial charge in [-0.3, -0.25) is 4.57 Å². The molecule has 2 heterocycles. The third-order valence-corrected chi connectivity index (χ3v) is 5.53. The molecule has 0 saturated carbocycles. The lowest BCUT2D eigenvalue weighted by Crippen LogP contribution is -2.30. The van der Waals surface area contributed by atoms with E-state index in [1.165, 1.54) is 0 Å². The zero-order valence-electron chi connectivity index (χ0n) is 11.1. The topological polar surface area (TPSA) is 81.2 Å². The van der Waals surface area contributed by atoms with Gasteiger partial charge in [-0.15, -0.1) is 0 Å². The van der Waals surface area contributed by atoms with E-state index >= 15 is 0 Å². The highest BCUT2D eigenvalue weighted by atomic mass is 32.2. The molecular formula is C13H16N2O4S. The van der Waals surface area contributed by atoms with Crippen molar-refractivity contribution in [3.05, 3.63) is 28.7 Å². The molecule has 6 nitrogen and oxygen atoms in total. The number of sulfone groups is 1. The Morgan fingerprint density at radius 1 is 1.30 bits per heavy atom. The molecule has 20 heavy (non-hydrogen) atoms. The number of methoxy groups -OCH3 is 1. The molecule has 0 radical (unpaired) electrons. The molecule has 0 aliphatic carbocycles. The molecule has 0 atom stereocenters. The summed E-state index contributed by atoms with van der Waals surface area (Å²) in [5.74, 6) is 0.954. The van der Waals surface area contributed by atoms with Gasteiger partial charge in [0, 0.05) is 12.1 Å². The second-order valence-electron chi connectivity index (χ2n) is 5.07. The highest BCUT2D eigenvalue weighted by Crippen LogP contribution is 2.27. The first-order valence-corrected chi connectivity index (χ1v) is 8.31. The number of imidazole rings is 1. The lowest BCUT2D eigenvalue weighted by molar-refractivity contribution is 0.414. The summed E-state index contributed by atoms with van der Waals surface area (Å²) in [6, 6.07) is 5.31. The summed E-state index contributed by atoms with van der Waals surface area (Å²) in [6.45, 7) is 0. The summed E-state index contributed by atoms with van der Waals surface area (Å²) in [5.41, 5.74) is 1.31. The predicted octanol–water partition coefficient (Wildman–Crippen LogP) is 1.09. The van der Waals surface area contributed by atoms with Crippen molar-refractivity contribution in [2.75, 3.05) is 18.6 Å². The van der Waals surface area contributed by atoms with Gasteiger partial charge in [0.05, 0.1) is 29.6 Å². The summed E-state index contributed by atoms with van der Waals surface area (Å²) < 4.78 is 29.8. The maximum atomic E-state index is 12.1. The maximum absolute atomic E-state index is 12.1. The number of ether oxygens (including phenoxy) is 1. The third-order valence-electron chi connectivity index (χ3n) is 3.81. The van der Waals surface area contributed by atoms with E-state index in [1.807, 2.05) is 0 Å². The van der Waals surface area contributed by atoms with Crippen LogP contribution < -0.4 is 10.4 Å². The van der Waals surface area contributed by atoms with Crippen molar-refractivity contribution < 1.29 is 13.2 Å². The minimum absolute atomic E-state index is 0.0770. The number of nitrogens with zero attached hydrogens (tertiary/aromatic N) is 1. The van der Waals surface area contributed by atoms with Gasteiger partial charge in [0.2, 0.25) is 0 Å². The normalized spacial score (nSPS) is 19.2. The van der Waals surface area contributed by atoms with Crippen molar-refractivity contribution in [3.8, 4) is 5.75 Å². The van der Waals surface area contributed by atoms with E-state index in [4.69, 9.17) is 4.74 Å². The molecule has 1 aromatic carbocycles. The van der Waals surface area contributed by atoms with E-state index in [2.05, 4.69) is 4.98 Å². The van der Waals surface area contributed by atoms with Crippen molar-refractivity contribution in [1.29, 1.82) is 0 Å². The van der Waals surface area contributed by atoms with Crippen LogP contribution in [-0.4, -0.2) is 36.6 Å². The Hall–Kier alpha value is -1.76. The Morgan fingerprint density at radius 3 is 2.65 bits per heavy atom. The largest absolute Gasteiger partial charge is 0.497 e. The first-order valence-electron chi connectivity index (χ1n) is 6.49. The van der Waals surface area contributed by atoms with E-state index in [1.54, 1.807) is 29.9 Å². The monoisotopic (exact) mass is 296 g/mol. The van der Waals surface area contributed by atoms with Crippen LogP contribution in [0.3, 0.4) is 0 Å². The van der Waals surface area contributed by atoms with Crippen LogP contribution in [0.1, 0.15) is 18.9 Å². The van der Waals surface area contributed by atoms with Crippen LogP contribution in [0.2, 0.25) is 0 Å². The van der Waals surface area contributed by atoms with Crippen molar-refractivity contribution in [2.24, 2.45) is 0 Å². The summed E-state index contributed by atoms with van der Waals surface area (Å²) in [4.78, 5) is 14.9. The number of aromatic nitrogens is 2. The molecule has 3 rings (SSSR count). The highest BCUT2D eigenvalue weighted by Gasteiger charge is 2.27. The maximum Gasteiger partial charge on any atom is 0.326 e. The summed E-state index contributed by atoms with van der Waals surface area (Å²) in [5, 5.41) is 0. The molecular weight excluding hydrogens is 280 g/mol. The number of fused-ring (bicyclic) bond motifs is 1. The molecule has 1 aliphatic heterocycles. The van der Waals surface area contributed by atoms with Crippen LogP contribution in [0.4, 0.5) is 0 Å². The van der Waals surface area contributed by atoms with Gasteiger partial charge < -0.3 is 9.72 Å². The molecule has 1 saturated heterocycles. The Bertz CT molecular complexity index is 789. The van der Waals surface area contributed by atoms with E-state index in [9.17, 15) is 13.2 Å². The van der Waals surface area contributed by atoms with Gasteiger partial charge in [-0.25, -0.2) is 13.2 Å². The molecule has 0 unspecified atom stereocenters. The first-order chi connectivity index (χ1) is 9.50. The minimum atomic E-state index is -2.94. The number of rotatable bonds is 2. The van der Waals surface area contributed by atoms with Crippen molar-refractivity contribution in [3.63, 3.8) is 0 Å². The molecule has 1 fully saturated rings. The van der Waals surface area contributed by atoms with Gasteiger partial charge in [-0.2, -0.15) is 0 Å². The fraction of sp³-hybridized carbons (Fsp3) is 0.462. The Balaban J connectivity index is 2.07. The number of benzene rings is 1. The second kappa shape index (κ2) is 4.66. The Morgan fingerprint density at radius 2 is 2.00 bits per heavy atom. The number of nitrogens with one attached hydrogen (secondary N) is 1. The second-order valence-corrected chi connectivity index (χ2v) is 7.37. The molecule has 1 N–H and O–H groups in total. The average molecular weight is 296 g/mol. The zero-order chi connectivity index (χ0) is 14.3. The molecule has 108 valence electrons. The third kappa shape index (κ3) is 2.22. The van der Waals surface area contributed by atoms with Gasteiger partial charge in [0.15, 0.2) is 0 Å². The molecule has 0 bridgehead atoms. The number of H-pyrrole nitrogens is 1. The quantitative estimate of drug-likeness (QED) is 0.899.